The molecule has 2 heterocycles. The summed E-state index contributed by atoms with van der Waals surface area (Å²) in [6.07, 6.45) is 3.42. The van der Waals surface area contributed by atoms with Crippen LogP contribution in [0, 0.1) is 5.92 Å². The van der Waals surface area contributed by atoms with Gasteiger partial charge in [-0.25, -0.2) is 0 Å². The fraction of sp³-hybridized carbons (Fsp3) is 0.680. The first kappa shape index (κ1) is 23.1. The first-order valence-corrected chi connectivity index (χ1v) is 12.5. The number of hydrogen-bond donors (Lipinski definition) is 1. The van der Waals surface area contributed by atoms with E-state index in [0.717, 1.165) is 97.3 Å². The van der Waals surface area contributed by atoms with Crippen LogP contribution >= 0.6 is 0 Å². The monoisotopic (exact) mass is 440 g/mol. The summed E-state index contributed by atoms with van der Waals surface area (Å²) in [5.74, 6) is 1.77. The zero-order chi connectivity index (χ0) is 22.2. The average molecular weight is 441 g/mol. The van der Waals surface area contributed by atoms with E-state index in [9.17, 15) is 4.79 Å². The van der Waals surface area contributed by atoms with Crippen LogP contribution < -0.4 is 5.32 Å². The molecule has 3 fully saturated rings. The van der Waals surface area contributed by atoms with Gasteiger partial charge in [0.2, 0.25) is 5.91 Å². The molecule has 32 heavy (non-hydrogen) atoms. The van der Waals surface area contributed by atoms with Gasteiger partial charge in [0.25, 0.3) is 0 Å². The number of guanidine groups is 1. The largest absolute Gasteiger partial charge is 0.357 e. The number of benzene rings is 1. The molecule has 1 aromatic rings. The molecule has 1 N–H and O–H groups in total. The highest BCUT2D eigenvalue weighted by molar-refractivity contribution is 5.80. The third kappa shape index (κ3) is 6.23. The summed E-state index contributed by atoms with van der Waals surface area (Å²) < 4.78 is 0. The van der Waals surface area contributed by atoms with Gasteiger partial charge in [-0.3, -0.25) is 19.6 Å². The SMILES string of the molecule is CCNC(=NCCN1CCN(C(=O)C2CCC2)CC1)N1CCN(Cc2ccccc2)CC1. The number of nitrogens with zero attached hydrogens (tertiary/aromatic N) is 5. The second-order valence-corrected chi connectivity index (χ2v) is 9.28. The summed E-state index contributed by atoms with van der Waals surface area (Å²) in [5, 5.41) is 3.49. The Hall–Kier alpha value is -2.12. The zero-order valence-electron chi connectivity index (χ0n) is 19.7. The average Bonchev–Trinajstić information content (AvgIpc) is 2.79. The maximum absolute atomic E-state index is 12.4. The minimum atomic E-state index is 0.321. The van der Waals surface area contributed by atoms with Crippen LogP contribution in [0.1, 0.15) is 31.7 Å². The molecule has 2 aliphatic heterocycles. The minimum absolute atomic E-state index is 0.321. The Morgan fingerprint density at radius 2 is 1.59 bits per heavy atom. The Balaban J connectivity index is 1.18. The molecule has 7 heteroatoms. The Kier molecular flexibility index (Phi) is 8.40. The predicted molar refractivity (Wildman–Crippen MR) is 130 cm³/mol. The third-order valence-corrected chi connectivity index (χ3v) is 7.07. The number of amides is 1. The minimum Gasteiger partial charge on any atom is -0.357 e. The van der Waals surface area contributed by atoms with E-state index < -0.39 is 0 Å². The molecule has 176 valence electrons. The highest BCUT2D eigenvalue weighted by atomic mass is 16.2. The van der Waals surface area contributed by atoms with Gasteiger partial charge in [0.05, 0.1) is 6.54 Å². The van der Waals surface area contributed by atoms with Gasteiger partial charge in [-0.1, -0.05) is 36.8 Å². The lowest BCUT2D eigenvalue weighted by Crippen LogP contribution is -2.53. The van der Waals surface area contributed by atoms with E-state index in [0.29, 0.717) is 11.8 Å². The molecule has 0 radical (unpaired) electrons. The topological polar surface area (TPSA) is 54.4 Å². The molecule has 1 amide bonds. The highest BCUT2D eigenvalue weighted by Gasteiger charge is 2.31. The highest BCUT2D eigenvalue weighted by Crippen LogP contribution is 2.28. The molecule has 0 unspecified atom stereocenters. The van der Waals surface area contributed by atoms with Gasteiger partial charge in [0.1, 0.15) is 0 Å². The second-order valence-electron chi connectivity index (χ2n) is 9.28. The summed E-state index contributed by atoms with van der Waals surface area (Å²) in [6, 6.07) is 10.7. The van der Waals surface area contributed by atoms with E-state index in [1.54, 1.807) is 0 Å². The number of carbonyl (C=O) groups is 1. The zero-order valence-corrected chi connectivity index (χ0v) is 19.7. The van der Waals surface area contributed by atoms with Crippen molar-refractivity contribution < 1.29 is 4.79 Å². The van der Waals surface area contributed by atoms with Crippen LogP contribution in [-0.2, 0) is 11.3 Å². The van der Waals surface area contributed by atoms with Crippen molar-refractivity contribution in [3.63, 3.8) is 0 Å². The van der Waals surface area contributed by atoms with Gasteiger partial charge < -0.3 is 15.1 Å². The van der Waals surface area contributed by atoms with Crippen LogP contribution in [0.5, 0.6) is 0 Å². The fourth-order valence-corrected chi connectivity index (χ4v) is 4.79. The van der Waals surface area contributed by atoms with Gasteiger partial charge in [0, 0.05) is 77.9 Å². The first-order chi connectivity index (χ1) is 15.7. The summed E-state index contributed by atoms with van der Waals surface area (Å²) in [6.45, 7) is 13.7. The lowest BCUT2D eigenvalue weighted by atomic mass is 9.84. The molecule has 0 bridgehead atoms. The van der Waals surface area contributed by atoms with E-state index in [-0.39, 0.29) is 0 Å². The van der Waals surface area contributed by atoms with Crippen LogP contribution in [0.15, 0.2) is 35.3 Å². The fourth-order valence-electron chi connectivity index (χ4n) is 4.79. The van der Waals surface area contributed by atoms with Crippen molar-refractivity contribution in [2.75, 3.05) is 72.0 Å². The summed E-state index contributed by atoms with van der Waals surface area (Å²) in [4.78, 5) is 26.8. The van der Waals surface area contributed by atoms with E-state index in [4.69, 9.17) is 4.99 Å². The van der Waals surface area contributed by atoms with E-state index in [1.807, 2.05) is 0 Å². The number of aliphatic imine (C=N–C) groups is 1. The summed E-state index contributed by atoms with van der Waals surface area (Å²) >= 11 is 0. The van der Waals surface area contributed by atoms with Crippen molar-refractivity contribution in [1.82, 2.24) is 24.9 Å². The van der Waals surface area contributed by atoms with Crippen molar-refractivity contribution >= 4 is 11.9 Å². The third-order valence-electron chi connectivity index (χ3n) is 7.07. The summed E-state index contributed by atoms with van der Waals surface area (Å²) in [7, 11) is 0. The smallest absolute Gasteiger partial charge is 0.225 e. The first-order valence-electron chi connectivity index (χ1n) is 12.5. The van der Waals surface area contributed by atoms with Crippen molar-refractivity contribution in [2.24, 2.45) is 10.9 Å². The maximum atomic E-state index is 12.4. The molecule has 3 aliphatic rings. The molecule has 1 aliphatic carbocycles. The molecule has 0 aromatic heterocycles. The molecular weight excluding hydrogens is 400 g/mol. The maximum Gasteiger partial charge on any atom is 0.225 e. The Labute approximate surface area is 193 Å². The van der Waals surface area contributed by atoms with Crippen LogP contribution in [0.4, 0.5) is 0 Å². The lowest BCUT2D eigenvalue weighted by molar-refractivity contribution is -0.139. The molecule has 4 rings (SSSR count). The molecule has 1 saturated carbocycles. The Morgan fingerprint density at radius 1 is 0.938 bits per heavy atom. The van der Waals surface area contributed by atoms with Gasteiger partial charge >= 0.3 is 0 Å². The van der Waals surface area contributed by atoms with Crippen molar-refractivity contribution in [3.05, 3.63) is 35.9 Å². The molecule has 7 nitrogen and oxygen atoms in total. The van der Waals surface area contributed by atoms with E-state index in [2.05, 4.69) is 62.2 Å². The number of hydrogen-bond acceptors (Lipinski definition) is 4. The van der Waals surface area contributed by atoms with Crippen LogP contribution in [0.2, 0.25) is 0 Å². The van der Waals surface area contributed by atoms with Crippen molar-refractivity contribution in [3.8, 4) is 0 Å². The number of nitrogens with one attached hydrogen (secondary N) is 1. The van der Waals surface area contributed by atoms with Gasteiger partial charge in [-0.2, -0.15) is 0 Å². The molecule has 0 atom stereocenters. The quantitative estimate of drug-likeness (QED) is 0.517. The predicted octanol–water partition coefficient (Wildman–Crippen LogP) is 1.71. The van der Waals surface area contributed by atoms with Crippen LogP contribution in [-0.4, -0.2) is 103 Å². The van der Waals surface area contributed by atoms with Gasteiger partial charge in [0.15, 0.2) is 5.96 Å². The van der Waals surface area contributed by atoms with E-state index in [1.165, 1.54) is 12.0 Å². The van der Waals surface area contributed by atoms with Crippen molar-refractivity contribution in [1.29, 1.82) is 0 Å². The van der Waals surface area contributed by atoms with Crippen LogP contribution in [0.3, 0.4) is 0 Å². The summed E-state index contributed by atoms with van der Waals surface area (Å²) in [5.41, 5.74) is 1.39. The molecular formula is C25H40N6O. The van der Waals surface area contributed by atoms with Crippen molar-refractivity contribution in [2.45, 2.75) is 32.7 Å². The number of carbonyl (C=O) groups excluding carboxylic acids is 1. The second kappa shape index (κ2) is 11.7. The van der Waals surface area contributed by atoms with E-state index >= 15 is 0 Å². The van der Waals surface area contributed by atoms with Crippen LogP contribution in [0.25, 0.3) is 0 Å². The lowest BCUT2D eigenvalue weighted by Gasteiger charge is -2.38. The Bertz CT molecular complexity index is 734. The Morgan fingerprint density at radius 3 is 2.22 bits per heavy atom. The van der Waals surface area contributed by atoms with Gasteiger partial charge in [-0.15, -0.1) is 0 Å². The number of piperazine rings is 2. The standard InChI is InChI=1S/C25H40N6O/c1-2-26-25(31-19-15-29(16-20-31)21-22-7-4-3-5-8-22)27-11-12-28-13-17-30(18-14-28)24(32)23-9-6-10-23/h3-5,7-8,23H,2,6,9-21H2,1H3,(H,26,27). The molecule has 1 aromatic carbocycles. The van der Waals surface area contributed by atoms with Gasteiger partial charge in [-0.05, 0) is 25.3 Å². The normalized spacial score (nSPS) is 21.5. The molecule has 2 saturated heterocycles. The molecule has 0 spiro atoms. The number of rotatable bonds is 7.